The van der Waals surface area contributed by atoms with Crippen LogP contribution in [0.2, 0.25) is 0 Å². The molecule has 0 bridgehead atoms. The Labute approximate surface area is 149 Å². The summed E-state index contributed by atoms with van der Waals surface area (Å²) in [5.41, 5.74) is 5.25. The monoisotopic (exact) mass is 337 g/mol. The molecule has 132 valence electrons. The predicted molar refractivity (Wildman–Crippen MR) is 100 cm³/mol. The van der Waals surface area contributed by atoms with Gasteiger partial charge < -0.3 is 4.90 Å². The number of rotatable bonds is 2. The number of aromatic nitrogens is 2. The molecule has 2 heterocycles. The minimum absolute atomic E-state index is 0.0418. The summed E-state index contributed by atoms with van der Waals surface area (Å²) in [4.78, 5) is 15.2. The predicted octanol–water partition coefficient (Wildman–Crippen LogP) is 4.42. The van der Waals surface area contributed by atoms with Crippen molar-refractivity contribution in [3.05, 3.63) is 46.8 Å². The molecular weight excluding hydrogens is 310 g/mol. The summed E-state index contributed by atoms with van der Waals surface area (Å²) >= 11 is 0. The van der Waals surface area contributed by atoms with Gasteiger partial charge in [-0.2, -0.15) is 5.10 Å². The van der Waals surface area contributed by atoms with Crippen LogP contribution in [0.15, 0.2) is 24.3 Å². The molecule has 0 N–H and O–H groups in total. The summed E-state index contributed by atoms with van der Waals surface area (Å²) in [7, 11) is 0. The first kappa shape index (κ1) is 16.4. The second kappa shape index (κ2) is 5.72. The summed E-state index contributed by atoms with van der Waals surface area (Å²) in [5.74, 6) is 0.615. The Balaban J connectivity index is 1.74. The molecule has 1 amide bonds. The number of fused-ring (bicyclic) bond motifs is 1. The lowest BCUT2D eigenvalue weighted by Gasteiger charge is -2.30. The van der Waals surface area contributed by atoms with E-state index in [1.807, 2.05) is 11.0 Å². The maximum Gasteiger partial charge on any atom is 0.278 e. The van der Waals surface area contributed by atoms with E-state index >= 15 is 0 Å². The van der Waals surface area contributed by atoms with Crippen molar-refractivity contribution < 1.29 is 4.79 Å². The minimum atomic E-state index is -0.105. The van der Waals surface area contributed by atoms with Crippen molar-refractivity contribution in [2.45, 2.75) is 64.8 Å². The zero-order valence-corrected chi connectivity index (χ0v) is 15.7. The van der Waals surface area contributed by atoms with Gasteiger partial charge in [-0.25, -0.2) is 0 Å². The van der Waals surface area contributed by atoms with Gasteiger partial charge in [0.05, 0.1) is 11.2 Å². The zero-order chi connectivity index (χ0) is 17.8. The molecule has 2 aliphatic rings. The number of hydrogen-bond donors (Lipinski definition) is 0. The van der Waals surface area contributed by atoms with E-state index in [1.165, 1.54) is 29.7 Å². The third-order valence-corrected chi connectivity index (χ3v) is 5.25. The van der Waals surface area contributed by atoms with E-state index in [0.717, 1.165) is 25.1 Å². The fraction of sp³-hybridized carbons (Fsp3) is 0.524. The fourth-order valence-corrected chi connectivity index (χ4v) is 3.90. The van der Waals surface area contributed by atoms with Crippen molar-refractivity contribution in [3.63, 3.8) is 0 Å². The fourth-order valence-electron chi connectivity index (χ4n) is 3.90. The van der Waals surface area contributed by atoms with Gasteiger partial charge in [-0.3, -0.25) is 9.48 Å². The molecule has 4 nitrogen and oxygen atoms in total. The normalized spacial score (nSPS) is 17.5. The first-order valence-corrected chi connectivity index (χ1v) is 9.37. The lowest BCUT2D eigenvalue weighted by atomic mass is 9.98. The van der Waals surface area contributed by atoms with Crippen molar-refractivity contribution >= 4 is 11.6 Å². The third kappa shape index (κ3) is 2.88. The van der Waals surface area contributed by atoms with Crippen LogP contribution in [-0.2, 0) is 12.0 Å². The smallest absolute Gasteiger partial charge is 0.278 e. The molecule has 0 unspecified atom stereocenters. The number of aryl methyl sites for hydroxylation is 2. The molecule has 4 rings (SSSR count). The van der Waals surface area contributed by atoms with Gasteiger partial charge in [0, 0.05) is 18.2 Å². The van der Waals surface area contributed by atoms with Crippen molar-refractivity contribution in [2.75, 3.05) is 11.4 Å². The quantitative estimate of drug-likeness (QED) is 0.814. The molecule has 1 fully saturated rings. The maximum atomic E-state index is 13.3. The lowest BCUT2D eigenvalue weighted by molar-refractivity contribution is 0.0978. The standard InChI is InChI=1S/C21H27N3O/c1-14-7-5-8-16-9-6-12-23(19(14)16)20(25)17-13-18(15-10-11-15)24(22-17)21(2,3)4/h5,7-8,13,15H,6,9-12H2,1-4H3. The van der Waals surface area contributed by atoms with Crippen molar-refractivity contribution in [3.8, 4) is 0 Å². The van der Waals surface area contributed by atoms with Crippen LogP contribution in [0.3, 0.4) is 0 Å². The molecule has 0 spiro atoms. The summed E-state index contributed by atoms with van der Waals surface area (Å²) in [6.07, 6.45) is 4.48. The van der Waals surface area contributed by atoms with Crippen LogP contribution in [0.25, 0.3) is 0 Å². The maximum absolute atomic E-state index is 13.3. The number of carbonyl (C=O) groups excluding carboxylic acids is 1. The van der Waals surface area contributed by atoms with Crippen LogP contribution in [0.1, 0.15) is 73.3 Å². The summed E-state index contributed by atoms with van der Waals surface area (Å²) in [6.45, 7) is 9.33. The average molecular weight is 337 g/mol. The summed E-state index contributed by atoms with van der Waals surface area (Å²) in [6, 6.07) is 8.36. The minimum Gasteiger partial charge on any atom is -0.306 e. The SMILES string of the molecule is Cc1cccc2c1N(C(=O)c1cc(C3CC3)n(C(C)(C)C)n1)CCC2. The van der Waals surface area contributed by atoms with E-state index in [1.54, 1.807) is 0 Å². The van der Waals surface area contributed by atoms with Crippen LogP contribution in [0.5, 0.6) is 0 Å². The first-order chi connectivity index (χ1) is 11.9. The Morgan fingerprint density at radius 2 is 2.00 bits per heavy atom. The summed E-state index contributed by atoms with van der Waals surface area (Å²) in [5, 5.41) is 4.75. The van der Waals surface area contributed by atoms with Gasteiger partial charge >= 0.3 is 0 Å². The van der Waals surface area contributed by atoms with Gasteiger partial charge in [0.25, 0.3) is 5.91 Å². The molecule has 1 aliphatic heterocycles. The van der Waals surface area contributed by atoms with Crippen LogP contribution in [0, 0.1) is 6.92 Å². The lowest BCUT2D eigenvalue weighted by Crippen LogP contribution is -2.36. The molecule has 25 heavy (non-hydrogen) atoms. The molecule has 1 aromatic carbocycles. The summed E-state index contributed by atoms with van der Waals surface area (Å²) < 4.78 is 2.07. The van der Waals surface area contributed by atoms with Crippen LogP contribution >= 0.6 is 0 Å². The van der Waals surface area contributed by atoms with E-state index in [0.29, 0.717) is 11.6 Å². The van der Waals surface area contributed by atoms with Gasteiger partial charge in [-0.1, -0.05) is 18.2 Å². The van der Waals surface area contributed by atoms with Gasteiger partial charge in [-0.15, -0.1) is 0 Å². The number of anilines is 1. The van der Waals surface area contributed by atoms with Crippen molar-refractivity contribution in [1.29, 1.82) is 0 Å². The zero-order valence-electron chi connectivity index (χ0n) is 15.7. The molecule has 1 aliphatic carbocycles. The molecule has 1 aromatic heterocycles. The van der Waals surface area contributed by atoms with E-state index in [4.69, 9.17) is 5.10 Å². The van der Waals surface area contributed by atoms with Gasteiger partial charge in [0.2, 0.25) is 0 Å². The topological polar surface area (TPSA) is 38.1 Å². The Morgan fingerprint density at radius 1 is 1.24 bits per heavy atom. The molecule has 1 saturated carbocycles. The van der Waals surface area contributed by atoms with Crippen LogP contribution in [0.4, 0.5) is 5.69 Å². The molecule has 0 radical (unpaired) electrons. The Kier molecular flexibility index (Phi) is 3.75. The number of nitrogens with zero attached hydrogens (tertiary/aromatic N) is 3. The van der Waals surface area contributed by atoms with Gasteiger partial charge in [0.15, 0.2) is 5.69 Å². The number of amides is 1. The van der Waals surface area contributed by atoms with Crippen molar-refractivity contribution in [1.82, 2.24) is 9.78 Å². The second-order valence-corrected chi connectivity index (χ2v) is 8.45. The largest absolute Gasteiger partial charge is 0.306 e. The van der Waals surface area contributed by atoms with E-state index < -0.39 is 0 Å². The van der Waals surface area contributed by atoms with E-state index in [9.17, 15) is 4.79 Å². The number of carbonyl (C=O) groups is 1. The van der Waals surface area contributed by atoms with Crippen LogP contribution in [-0.4, -0.2) is 22.2 Å². The van der Waals surface area contributed by atoms with Crippen LogP contribution < -0.4 is 4.90 Å². The molecule has 2 aromatic rings. The Bertz CT molecular complexity index is 824. The molecule has 4 heteroatoms. The molecular formula is C21H27N3O. The number of benzene rings is 1. The van der Waals surface area contributed by atoms with Gasteiger partial charge in [0.1, 0.15) is 0 Å². The molecule has 0 saturated heterocycles. The average Bonchev–Trinajstić information content (AvgIpc) is 3.31. The highest BCUT2D eigenvalue weighted by Gasteiger charge is 2.34. The first-order valence-electron chi connectivity index (χ1n) is 9.37. The van der Waals surface area contributed by atoms with Crippen molar-refractivity contribution in [2.24, 2.45) is 0 Å². The van der Waals surface area contributed by atoms with E-state index in [2.05, 4.69) is 50.6 Å². The second-order valence-electron chi connectivity index (χ2n) is 8.45. The van der Waals surface area contributed by atoms with E-state index in [-0.39, 0.29) is 11.4 Å². The molecule has 0 atom stereocenters. The number of hydrogen-bond acceptors (Lipinski definition) is 2. The third-order valence-electron chi connectivity index (χ3n) is 5.25. The highest BCUT2D eigenvalue weighted by Crippen LogP contribution is 2.42. The number of para-hydroxylation sites is 1. The Morgan fingerprint density at radius 3 is 2.68 bits per heavy atom. The van der Waals surface area contributed by atoms with Gasteiger partial charge in [-0.05, 0) is 70.6 Å². The highest BCUT2D eigenvalue weighted by atomic mass is 16.2. The highest BCUT2D eigenvalue weighted by molar-refractivity contribution is 6.06. The Hall–Kier alpha value is -2.10.